The number of anilines is 1. The lowest BCUT2D eigenvalue weighted by Crippen LogP contribution is -2.15. The first-order chi connectivity index (χ1) is 8.13. The molecule has 0 aliphatic rings. The number of esters is 1. The number of hydrogen-bond acceptors (Lipinski definition) is 4. The zero-order valence-corrected chi connectivity index (χ0v) is 9.14. The highest BCUT2D eigenvalue weighted by Gasteiger charge is 2.13. The number of nitrogens with two attached hydrogens (primary N) is 1. The van der Waals surface area contributed by atoms with Crippen LogP contribution in [0.5, 0.6) is 0 Å². The van der Waals surface area contributed by atoms with Crippen LogP contribution in [-0.2, 0) is 4.74 Å². The van der Waals surface area contributed by atoms with Crippen LogP contribution in [0.25, 0.3) is 5.69 Å². The standard InChI is InChI=1S/C11H11N3O3/c1-17-11(16)8-6-10(15)14(13-8)9-5-3-2-4-7(9)12/h2-6,13H,12H2,1H3. The molecule has 6 heteroatoms. The van der Waals surface area contributed by atoms with Crippen molar-refractivity contribution in [2.75, 3.05) is 12.8 Å². The molecule has 0 saturated heterocycles. The van der Waals surface area contributed by atoms with Crippen LogP contribution in [0.2, 0.25) is 0 Å². The summed E-state index contributed by atoms with van der Waals surface area (Å²) in [6, 6.07) is 8.01. The summed E-state index contributed by atoms with van der Waals surface area (Å²) in [5.41, 5.74) is 6.39. The molecule has 17 heavy (non-hydrogen) atoms. The summed E-state index contributed by atoms with van der Waals surface area (Å²) in [4.78, 5) is 22.9. The van der Waals surface area contributed by atoms with Gasteiger partial charge in [-0.1, -0.05) is 12.1 Å². The van der Waals surface area contributed by atoms with E-state index in [-0.39, 0.29) is 11.3 Å². The molecule has 1 aromatic heterocycles. The smallest absolute Gasteiger partial charge is 0.356 e. The van der Waals surface area contributed by atoms with E-state index in [9.17, 15) is 9.59 Å². The Balaban J connectivity index is 2.54. The number of nitrogen functional groups attached to an aromatic ring is 1. The maximum atomic E-state index is 11.7. The van der Waals surface area contributed by atoms with E-state index in [1.165, 1.54) is 11.8 Å². The molecule has 6 nitrogen and oxygen atoms in total. The summed E-state index contributed by atoms with van der Waals surface area (Å²) < 4.78 is 5.71. The quantitative estimate of drug-likeness (QED) is 0.585. The Morgan fingerprint density at radius 2 is 2.12 bits per heavy atom. The Morgan fingerprint density at radius 1 is 1.41 bits per heavy atom. The van der Waals surface area contributed by atoms with Gasteiger partial charge in [-0.25, -0.2) is 9.48 Å². The fourth-order valence-corrected chi connectivity index (χ4v) is 1.48. The van der Waals surface area contributed by atoms with Crippen molar-refractivity contribution in [2.24, 2.45) is 0 Å². The van der Waals surface area contributed by atoms with Crippen molar-refractivity contribution in [3.63, 3.8) is 0 Å². The molecule has 3 N–H and O–H groups in total. The van der Waals surface area contributed by atoms with Crippen molar-refractivity contribution in [1.29, 1.82) is 0 Å². The van der Waals surface area contributed by atoms with Gasteiger partial charge in [-0.3, -0.25) is 9.89 Å². The number of ether oxygens (including phenoxy) is 1. The molecule has 1 heterocycles. The number of H-pyrrole nitrogens is 1. The van der Waals surface area contributed by atoms with Crippen molar-refractivity contribution in [2.45, 2.75) is 0 Å². The lowest BCUT2D eigenvalue weighted by atomic mass is 10.3. The fraction of sp³-hybridized carbons (Fsp3) is 0.0909. The molecule has 0 spiro atoms. The third-order valence-electron chi connectivity index (χ3n) is 2.30. The van der Waals surface area contributed by atoms with E-state index >= 15 is 0 Å². The molecule has 0 fully saturated rings. The van der Waals surface area contributed by atoms with Gasteiger partial charge in [0.1, 0.15) is 5.69 Å². The van der Waals surface area contributed by atoms with Crippen molar-refractivity contribution in [3.8, 4) is 5.69 Å². The molecule has 0 bridgehead atoms. The van der Waals surface area contributed by atoms with Gasteiger partial charge in [-0.15, -0.1) is 0 Å². The first-order valence-electron chi connectivity index (χ1n) is 4.88. The van der Waals surface area contributed by atoms with Gasteiger partial charge in [-0.05, 0) is 12.1 Å². The second kappa shape index (κ2) is 4.17. The lowest BCUT2D eigenvalue weighted by molar-refractivity contribution is 0.0593. The zero-order chi connectivity index (χ0) is 12.4. The number of aromatic nitrogens is 2. The number of benzene rings is 1. The molecule has 2 rings (SSSR count). The molecular formula is C11H11N3O3. The minimum atomic E-state index is -0.602. The van der Waals surface area contributed by atoms with Crippen LogP contribution in [0, 0.1) is 0 Å². The second-order valence-electron chi connectivity index (χ2n) is 3.39. The van der Waals surface area contributed by atoms with Crippen LogP contribution in [0.1, 0.15) is 10.5 Å². The van der Waals surface area contributed by atoms with Crippen molar-refractivity contribution < 1.29 is 9.53 Å². The van der Waals surface area contributed by atoms with Gasteiger partial charge in [0.15, 0.2) is 0 Å². The SMILES string of the molecule is COC(=O)c1cc(=O)n(-c2ccccc2N)[nH]1. The summed E-state index contributed by atoms with van der Waals surface area (Å²) in [6.45, 7) is 0. The van der Waals surface area contributed by atoms with Crippen molar-refractivity contribution >= 4 is 11.7 Å². The summed E-state index contributed by atoms with van der Waals surface area (Å²) in [5.74, 6) is -0.602. The van der Waals surface area contributed by atoms with Crippen LogP contribution in [0.15, 0.2) is 35.1 Å². The average Bonchev–Trinajstić information content (AvgIpc) is 2.71. The van der Waals surface area contributed by atoms with Gasteiger partial charge >= 0.3 is 5.97 Å². The molecule has 0 radical (unpaired) electrons. The Labute approximate surface area is 96.6 Å². The van der Waals surface area contributed by atoms with Gasteiger partial charge in [0.2, 0.25) is 0 Å². The Morgan fingerprint density at radius 3 is 2.76 bits per heavy atom. The van der Waals surface area contributed by atoms with E-state index < -0.39 is 5.97 Å². The molecule has 0 amide bonds. The monoisotopic (exact) mass is 233 g/mol. The van der Waals surface area contributed by atoms with Crippen LogP contribution < -0.4 is 11.3 Å². The number of carbonyl (C=O) groups excluding carboxylic acids is 1. The lowest BCUT2D eigenvalue weighted by Gasteiger charge is -2.04. The maximum Gasteiger partial charge on any atom is 0.356 e. The highest BCUT2D eigenvalue weighted by atomic mass is 16.5. The number of methoxy groups -OCH3 is 1. The second-order valence-corrected chi connectivity index (χ2v) is 3.39. The number of aromatic amines is 1. The van der Waals surface area contributed by atoms with Crippen LogP contribution >= 0.6 is 0 Å². The van der Waals surface area contributed by atoms with E-state index in [1.54, 1.807) is 24.3 Å². The molecule has 2 aromatic rings. The first-order valence-corrected chi connectivity index (χ1v) is 4.88. The van der Waals surface area contributed by atoms with Crippen molar-refractivity contribution in [3.05, 3.63) is 46.4 Å². The molecule has 0 aliphatic heterocycles. The number of para-hydroxylation sites is 2. The van der Waals surface area contributed by atoms with Crippen LogP contribution in [-0.4, -0.2) is 22.9 Å². The van der Waals surface area contributed by atoms with Gasteiger partial charge in [0.05, 0.1) is 18.5 Å². The van der Waals surface area contributed by atoms with Crippen LogP contribution in [0.4, 0.5) is 5.69 Å². The number of rotatable bonds is 2. The predicted octanol–water partition coefficient (Wildman–Crippen LogP) is 0.534. The van der Waals surface area contributed by atoms with Gasteiger partial charge in [0.25, 0.3) is 5.56 Å². The summed E-state index contributed by atoms with van der Waals surface area (Å²) in [6.07, 6.45) is 0. The number of hydrogen-bond donors (Lipinski definition) is 2. The molecule has 0 saturated carbocycles. The first kappa shape index (κ1) is 11.0. The van der Waals surface area contributed by atoms with Gasteiger partial charge in [-0.2, -0.15) is 0 Å². The summed E-state index contributed by atoms with van der Waals surface area (Å²) >= 11 is 0. The van der Waals surface area contributed by atoms with E-state index in [1.807, 2.05) is 0 Å². The van der Waals surface area contributed by atoms with Crippen molar-refractivity contribution in [1.82, 2.24) is 9.78 Å². The molecule has 0 aliphatic carbocycles. The molecule has 88 valence electrons. The van der Waals surface area contributed by atoms with Crippen LogP contribution in [0.3, 0.4) is 0 Å². The Hall–Kier alpha value is -2.50. The number of nitrogens with one attached hydrogen (secondary N) is 1. The average molecular weight is 233 g/mol. The summed E-state index contributed by atoms with van der Waals surface area (Å²) in [7, 11) is 1.24. The predicted molar refractivity (Wildman–Crippen MR) is 62.1 cm³/mol. The number of carbonyl (C=O) groups is 1. The topological polar surface area (TPSA) is 90.1 Å². The fourth-order valence-electron chi connectivity index (χ4n) is 1.48. The third kappa shape index (κ3) is 1.92. The summed E-state index contributed by atoms with van der Waals surface area (Å²) in [5, 5.41) is 2.64. The van der Waals surface area contributed by atoms with E-state index in [0.717, 1.165) is 6.07 Å². The highest BCUT2D eigenvalue weighted by molar-refractivity contribution is 5.87. The minimum Gasteiger partial charge on any atom is -0.464 e. The zero-order valence-electron chi connectivity index (χ0n) is 9.14. The van der Waals surface area contributed by atoms with Gasteiger partial charge in [0, 0.05) is 6.07 Å². The Bertz CT molecular complexity index is 612. The molecule has 0 unspecified atom stereocenters. The molecule has 0 atom stereocenters. The minimum absolute atomic E-state index is 0.0840. The Kier molecular flexibility index (Phi) is 2.70. The highest BCUT2D eigenvalue weighted by Crippen LogP contribution is 2.13. The number of nitrogens with zero attached hydrogens (tertiary/aromatic N) is 1. The normalized spacial score (nSPS) is 10.2. The third-order valence-corrected chi connectivity index (χ3v) is 2.30. The van der Waals surface area contributed by atoms with Gasteiger partial charge < -0.3 is 10.5 Å². The maximum absolute atomic E-state index is 11.7. The van der Waals surface area contributed by atoms with E-state index in [0.29, 0.717) is 11.4 Å². The van der Waals surface area contributed by atoms with E-state index in [2.05, 4.69) is 9.84 Å². The molecule has 1 aromatic carbocycles. The molecular weight excluding hydrogens is 222 g/mol. The van der Waals surface area contributed by atoms with E-state index in [4.69, 9.17) is 5.73 Å². The largest absolute Gasteiger partial charge is 0.464 e.